The zero-order valence-corrected chi connectivity index (χ0v) is 12.0. The van der Waals surface area contributed by atoms with Crippen molar-refractivity contribution in [1.29, 1.82) is 0 Å². The van der Waals surface area contributed by atoms with Gasteiger partial charge in [-0.05, 0) is 38.5 Å². The van der Waals surface area contributed by atoms with Gasteiger partial charge in [0.2, 0.25) is 0 Å². The molecule has 2 rings (SSSR count). The van der Waals surface area contributed by atoms with Crippen molar-refractivity contribution in [3.05, 3.63) is 46.6 Å². The predicted octanol–water partition coefficient (Wildman–Crippen LogP) is 2.77. The van der Waals surface area contributed by atoms with Crippen molar-refractivity contribution in [3.63, 3.8) is 0 Å². The highest BCUT2D eigenvalue weighted by Crippen LogP contribution is 2.29. The molecule has 106 valence electrons. The van der Waals surface area contributed by atoms with Gasteiger partial charge >= 0.3 is 5.97 Å². The number of carbonyl (C=O) groups is 1. The minimum absolute atomic E-state index is 0.0214. The number of hydrogen-bond donors (Lipinski definition) is 2. The smallest absolute Gasteiger partial charge is 0.337 e. The summed E-state index contributed by atoms with van der Waals surface area (Å²) in [5, 5.41) is 18.5. The average molecular weight is 273 g/mol. The fourth-order valence-corrected chi connectivity index (χ4v) is 2.48. The lowest BCUT2D eigenvalue weighted by Crippen LogP contribution is -2.07. The topological polar surface area (TPSA) is 62.5 Å². The first-order valence-corrected chi connectivity index (χ1v) is 6.57. The van der Waals surface area contributed by atoms with E-state index >= 15 is 0 Å². The van der Waals surface area contributed by atoms with Gasteiger partial charge in [0.05, 0.1) is 12.2 Å². The lowest BCUT2D eigenvalue weighted by atomic mass is 10.0. The Morgan fingerprint density at radius 1 is 1.20 bits per heavy atom. The molecule has 0 fully saturated rings. The molecule has 2 aromatic rings. The second-order valence-corrected chi connectivity index (χ2v) is 5.03. The number of aryl methyl sites for hydroxylation is 2. The third-order valence-electron chi connectivity index (χ3n) is 3.59. The average Bonchev–Trinajstić information content (AvgIpc) is 2.71. The van der Waals surface area contributed by atoms with E-state index in [1.807, 2.05) is 36.6 Å². The van der Waals surface area contributed by atoms with Crippen LogP contribution in [-0.2, 0) is 6.54 Å². The first-order chi connectivity index (χ1) is 9.45. The molecule has 4 nitrogen and oxygen atoms in total. The van der Waals surface area contributed by atoms with Crippen LogP contribution in [0.3, 0.4) is 0 Å². The van der Waals surface area contributed by atoms with Gasteiger partial charge < -0.3 is 14.8 Å². The summed E-state index contributed by atoms with van der Waals surface area (Å²) in [6.07, 6.45) is 0. The Balaban J connectivity index is 2.69. The SMILES string of the molecule is Cc1ccc(C)c(-c2cc(C(=O)O)c(C)n2CCO)c1. The molecule has 2 N–H and O–H groups in total. The Labute approximate surface area is 118 Å². The van der Waals surface area contributed by atoms with Crippen LogP contribution in [0.25, 0.3) is 11.3 Å². The molecule has 0 aliphatic carbocycles. The van der Waals surface area contributed by atoms with E-state index in [2.05, 4.69) is 0 Å². The highest BCUT2D eigenvalue weighted by molar-refractivity contribution is 5.91. The maximum Gasteiger partial charge on any atom is 0.337 e. The summed E-state index contributed by atoms with van der Waals surface area (Å²) >= 11 is 0. The molecule has 4 heteroatoms. The Morgan fingerprint density at radius 3 is 2.50 bits per heavy atom. The molecule has 0 radical (unpaired) electrons. The first-order valence-electron chi connectivity index (χ1n) is 6.57. The third kappa shape index (κ3) is 2.47. The number of carboxylic acid groups (broad SMARTS) is 1. The minimum atomic E-state index is -0.939. The van der Waals surface area contributed by atoms with E-state index in [-0.39, 0.29) is 12.2 Å². The minimum Gasteiger partial charge on any atom is -0.478 e. The second-order valence-electron chi connectivity index (χ2n) is 5.03. The Hall–Kier alpha value is -2.07. The largest absolute Gasteiger partial charge is 0.478 e. The highest BCUT2D eigenvalue weighted by atomic mass is 16.4. The number of carboxylic acids is 1. The Bertz CT molecular complexity index is 656. The third-order valence-corrected chi connectivity index (χ3v) is 3.59. The number of aliphatic hydroxyl groups is 1. The molecule has 0 spiro atoms. The zero-order chi connectivity index (χ0) is 14.9. The molecule has 1 aromatic heterocycles. The second kappa shape index (κ2) is 5.51. The van der Waals surface area contributed by atoms with Crippen LogP contribution in [0.15, 0.2) is 24.3 Å². The van der Waals surface area contributed by atoms with Gasteiger partial charge in [0, 0.05) is 23.5 Å². The molecule has 0 amide bonds. The first kappa shape index (κ1) is 14.3. The number of rotatable bonds is 4. The summed E-state index contributed by atoms with van der Waals surface area (Å²) in [5.74, 6) is -0.939. The van der Waals surface area contributed by atoms with Crippen molar-refractivity contribution in [2.75, 3.05) is 6.61 Å². The maximum atomic E-state index is 11.3. The van der Waals surface area contributed by atoms with Crippen LogP contribution < -0.4 is 0 Å². The normalized spacial score (nSPS) is 10.8. The van der Waals surface area contributed by atoms with Crippen LogP contribution in [0.1, 0.15) is 27.2 Å². The van der Waals surface area contributed by atoms with E-state index in [0.29, 0.717) is 12.2 Å². The predicted molar refractivity (Wildman–Crippen MR) is 78.1 cm³/mol. The molecular weight excluding hydrogens is 254 g/mol. The lowest BCUT2D eigenvalue weighted by Gasteiger charge is -2.13. The fraction of sp³-hybridized carbons (Fsp3) is 0.312. The van der Waals surface area contributed by atoms with Crippen molar-refractivity contribution in [2.45, 2.75) is 27.3 Å². The maximum absolute atomic E-state index is 11.3. The van der Waals surface area contributed by atoms with Gasteiger partial charge in [-0.3, -0.25) is 0 Å². The molecule has 0 aliphatic rings. The molecule has 20 heavy (non-hydrogen) atoms. The van der Waals surface area contributed by atoms with E-state index in [9.17, 15) is 15.0 Å². The molecule has 0 saturated carbocycles. The van der Waals surface area contributed by atoms with Gasteiger partial charge in [-0.15, -0.1) is 0 Å². The molecule has 1 heterocycles. The number of aromatic nitrogens is 1. The van der Waals surface area contributed by atoms with Crippen LogP contribution >= 0.6 is 0 Å². The van der Waals surface area contributed by atoms with E-state index < -0.39 is 5.97 Å². The molecular formula is C16H19NO3. The summed E-state index contributed by atoms with van der Waals surface area (Å²) in [7, 11) is 0. The highest BCUT2D eigenvalue weighted by Gasteiger charge is 2.18. The van der Waals surface area contributed by atoms with Gasteiger partial charge in [0.25, 0.3) is 0 Å². The van der Waals surface area contributed by atoms with Gasteiger partial charge in [0.15, 0.2) is 0 Å². The molecule has 0 unspecified atom stereocenters. The summed E-state index contributed by atoms with van der Waals surface area (Å²) in [5.41, 5.74) is 5.02. The van der Waals surface area contributed by atoms with E-state index in [4.69, 9.17) is 0 Å². The Morgan fingerprint density at radius 2 is 1.90 bits per heavy atom. The standard InChI is InChI=1S/C16H19NO3/c1-10-4-5-11(2)13(8-10)15-9-14(16(19)20)12(3)17(15)6-7-18/h4-5,8-9,18H,6-7H2,1-3H3,(H,19,20). The van der Waals surface area contributed by atoms with E-state index in [0.717, 1.165) is 22.4 Å². The molecule has 0 saturated heterocycles. The van der Waals surface area contributed by atoms with Crippen LogP contribution in [0, 0.1) is 20.8 Å². The molecule has 0 aliphatic heterocycles. The molecule has 0 bridgehead atoms. The van der Waals surface area contributed by atoms with Crippen molar-refractivity contribution in [2.24, 2.45) is 0 Å². The van der Waals surface area contributed by atoms with Crippen molar-refractivity contribution in [1.82, 2.24) is 4.57 Å². The van der Waals surface area contributed by atoms with Crippen LogP contribution in [-0.4, -0.2) is 27.4 Å². The lowest BCUT2D eigenvalue weighted by molar-refractivity contribution is 0.0696. The molecule has 0 atom stereocenters. The summed E-state index contributed by atoms with van der Waals surface area (Å²) in [6, 6.07) is 7.79. The van der Waals surface area contributed by atoms with Gasteiger partial charge in [-0.1, -0.05) is 17.7 Å². The van der Waals surface area contributed by atoms with E-state index in [1.165, 1.54) is 0 Å². The number of aliphatic hydroxyl groups excluding tert-OH is 1. The number of nitrogens with zero attached hydrogens (tertiary/aromatic N) is 1. The van der Waals surface area contributed by atoms with Gasteiger partial charge in [-0.2, -0.15) is 0 Å². The summed E-state index contributed by atoms with van der Waals surface area (Å²) in [6.45, 7) is 6.15. The number of aromatic carboxylic acids is 1. The van der Waals surface area contributed by atoms with E-state index in [1.54, 1.807) is 13.0 Å². The van der Waals surface area contributed by atoms with Crippen LogP contribution in [0.4, 0.5) is 0 Å². The number of benzene rings is 1. The van der Waals surface area contributed by atoms with Gasteiger partial charge in [0.1, 0.15) is 0 Å². The van der Waals surface area contributed by atoms with Crippen molar-refractivity contribution < 1.29 is 15.0 Å². The van der Waals surface area contributed by atoms with Crippen LogP contribution in [0.5, 0.6) is 0 Å². The Kier molecular flexibility index (Phi) is 3.95. The quantitative estimate of drug-likeness (QED) is 0.900. The van der Waals surface area contributed by atoms with Crippen LogP contribution in [0.2, 0.25) is 0 Å². The summed E-state index contributed by atoms with van der Waals surface area (Å²) < 4.78 is 1.87. The monoisotopic (exact) mass is 273 g/mol. The zero-order valence-electron chi connectivity index (χ0n) is 12.0. The number of hydrogen-bond acceptors (Lipinski definition) is 2. The van der Waals surface area contributed by atoms with Gasteiger partial charge in [-0.25, -0.2) is 4.79 Å². The van der Waals surface area contributed by atoms with Crippen molar-refractivity contribution in [3.8, 4) is 11.3 Å². The summed E-state index contributed by atoms with van der Waals surface area (Å²) in [4.78, 5) is 11.3. The molecule has 1 aromatic carbocycles. The van der Waals surface area contributed by atoms with Crippen molar-refractivity contribution >= 4 is 5.97 Å². The fourth-order valence-electron chi connectivity index (χ4n) is 2.48.